The van der Waals surface area contributed by atoms with Gasteiger partial charge in [0, 0.05) is 11.1 Å². The average molecular weight is 184 g/mol. The Kier molecular flexibility index (Phi) is 3.12. The standard InChI is InChI=1S/C10H14ClN/c1-7-9(8(2)12-3)5-4-6-10(7)11/h4-6,8,12H,1-3H3. The second-order valence-corrected chi connectivity index (χ2v) is 3.37. The molecule has 1 aromatic carbocycles. The van der Waals surface area contributed by atoms with Gasteiger partial charge < -0.3 is 5.32 Å². The molecule has 0 aromatic heterocycles. The largest absolute Gasteiger partial charge is 0.313 e. The van der Waals surface area contributed by atoms with Gasteiger partial charge in [-0.1, -0.05) is 23.7 Å². The van der Waals surface area contributed by atoms with Crippen LogP contribution in [0, 0.1) is 6.92 Å². The molecule has 0 saturated carbocycles. The summed E-state index contributed by atoms with van der Waals surface area (Å²) in [6.07, 6.45) is 0. The van der Waals surface area contributed by atoms with Crippen LogP contribution in [0.25, 0.3) is 0 Å². The van der Waals surface area contributed by atoms with Crippen molar-refractivity contribution in [3.8, 4) is 0 Å². The van der Waals surface area contributed by atoms with E-state index in [1.54, 1.807) is 0 Å². The first-order chi connectivity index (χ1) is 5.66. The van der Waals surface area contributed by atoms with Crippen LogP contribution in [0.15, 0.2) is 18.2 Å². The van der Waals surface area contributed by atoms with Gasteiger partial charge in [-0.2, -0.15) is 0 Å². The highest BCUT2D eigenvalue weighted by Gasteiger charge is 2.06. The normalized spacial score (nSPS) is 13.0. The molecule has 1 aromatic rings. The van der Waals surface area contributed by atoms with Crippen LogP contribution in [0.2, 0.25) is 5.02 Å². The lowest BCUT2D eigenvalue weighted by Gasteiger charge is -2.14. The Balaban J connectivity index is 3.07. The maximum absolute atomic E-state index is 5.99. The maximum Gasteiger partial charge on any atom is 0.0438 e. The molecule has 0 amide bonds. The summed E-state index contributed by atoms with van der Waals surface area (Å²) in [5.74, 6) is 0. The summed E-state index contributed by atoms with van der Waals surface area (Å²) in [6.45, 7) is 4.17. The minimum absolute atomic E-state index is 0.365. The van der Waals surface area contributed by atoms with Crippen LogP contribution in [0.1, 0.15) is 24.1 Å². The van der Waals surface area contributed by atoms with Crippen molar-refractivity contribution in [1.29, 1.82) is 0 Å². The van der Waals surface area contributed by atoms with Gasteiger partial charge in [-0.3, -0.25) is 0 Å². The summed E-state index contributed by atoms with van der Waals surface area (Å²) in [5.41, 5.74) is 2.44. The second-order valence-electron chi connectivity index (χ2n) is 2.96. The van der Waals surface area contributed by atoms with Gasteiger partial charge in [-0.15, -0.1) is 0 Å². The molecule has 0 aliphatic carbocycles. The number of halogens is 1. The van der Waals surface area contributed by atoms with E-state index in [-0.39, 0.29) is 0 Å². The predicted octanol–water partition coefficient (Wildman–Crippen LogP) is 2.93. The highest BCUT2D eigenvalue weighted by atomic mass is 35.5. The fourth-order valence-electron chi connectivity index (χ4n) is 1.25. The first-order valence-electron chi connectivity index (χ1n) is 4.09. The third-order valence-electron chi connectivity index (χ3n) is 2.21. The van der Waals surface area contributed by atoms with Gasteiger partial charge in [-0.05, 0) is 38.1 Å². The van der Waals surface area contributed by atoms with E-state index in [2.05, 4.69) is 18.3 Å². The molecule has 0 bridgehead atoms. The molecule has 1 nitrogen and oxygen atoms in total. The topological polar surface area (TPSA) is 12.0 Å². The van der Waals surface area contributed by atoms with Gasteiger partial charge in [0.05, 0.1) is 0 Å². The van der Waals surface area contributed by atoms with Crippen molar-refractivity contribution in [3.63, 3.8) is 0 Å². The summed E-state index contributed by atoms with van der Waals surface area (Å²) < 4.78 is 0. The van der Waals surface area contributed by atoms with Gasteiger partial charge in [0.2, 0.25) is 0 Å². The molecule has 1 rings (SSSR count). The molecule has 0 heterocycles. The monoisotopic (exact) mass is 183 g/mol. The first kappa shape index (κ1) is 9.56. The Morgan fingerprint density at radius 2 is 2.08 bits per heavy atom. The van der Waals surface area contributed by atoms with Crippen molar-refractivity contribution in [2.45, 2.75) is 19.9 Å². The Labute approximate surface area is 78.7 Å². The van der Waals surface area contributed by atoms with Crippen molar-refractivity contribution in [1.82, 2.24) is 5.32 Å². The number of hydrogen-bond acceptors (Lipinski definition) is 1. The molecule has 0 aliphatic heterocycles. The van der Waals surface area contributed by atoms with E-state index in [1.807, 2.05) is 26.1 Å². The summed E-state index contributed by atoms with van der Waals surface area (Å²) in [5, 5.41) is 4.03. The van der Waals surface area contributed by atoms with E-state index in [4.69, 9.17) is 11.6 Å². The van der Waals surface area contributed by atoms with E-state index >= 15 is 0 Å². The van der Waals surface area contributed by atoms with Gasteiger partial charge >= 0.3 is 0 Å². The lowest BCUT2D eigenvalue weighted by Crippen LogP contribution is -2.13. The van der Waals surface area contributed by atoms with Crippen LogP contribution >= 0.6 is 11.6 Å². The predicted molar refractivity (Wildman–Crippen MR) is 53.7 cm³/mol. The molecule has 0 spiro atoms. The SMILES string of the molecule is CNC(C)c1cccc(Cl)c1C. The zero-order valence-electron chi connectivity index (χ0n) is 7.69. The van der Waals surface area contributed by atoms with Crippen LogP contribution in [-0.4, -0.2) is 7.05 Å². The Bertz CT molecular complexity index is 271. The molecule has 1 atom stereocenters. The van der Waals surface area contributed by atoms with E-state index < -0.39 is 0 Å². The molecular weight excluding hydrogens is 170 g/mol. The van der Waals surface area contributed by atoms with Gasteiger partial charge in [0.1, 0.15) is 0 Å². The smallest absolute Gasteiger partial charge is 0.0438 e. The lowest BCUT2D eigenvalue weighted by molar-refractivity contribution is 0.648. The summed E-state index contributed by atoms with van der Waals surface area (Å²) in [6, 6.07) is 6.37. The first-order valence-corrected chi connectivity index (χ1v) is 4.47. The second kappa shape index (κ2) is 3.92. The molecule has 1 N–H and O–H groups in total. The Morgan fingerprint density at radius 3 is 2.67 bits per heavy atom. The van der Waals surface area contributed by atoms with Gasteiger partial charge in [0.15, 0.2) is 0 Å². The van der Waals surface area contributed by atoms with Gasteiger partial charge in [-0.25, -0.2) is 0 Å². The summed E-state index contributed by atoms with van der Waals surface area (Å²) in [7, 11) is 1.95. The number of rotatable bonds is 2. The van der Waals surface area contributed by atoms with Crippen molar-refractivity contribution in [2.24, 2.45) is 0 Å². The Morgan fingerprint density at radius 1 is 1.42 bits per heavy atom. The molecule has 0 aliphatic rings. The maximum atomic E-state index is 5.99. The minimum atomic E-state index is 0.365. The van der Waals surface area contributed by atoms with Crippen LogP contribution in [0.4, 0.5) is 0 Å². The lowest BCUT2D eigenvalue weighted by atomic mass is 10.0. The van der Waals surface area contributed by atoms with Crippen LogP contribution in [-0.2, 0) is 0 Å². The van der Waals surface area contributed by atoms with Gasteiger partial charge in [0.25, 0.3) is 0 Å². The average Bonchev–Trinajstić information content (AvgIpc) is 2.08. The number of hydrogen-bond donors (Lipinski definition) is 1. The summed E-state index contributed by atoms with van der Waals surface area (Å²) >= 11 is 5.99. The molecule has 2 heteroatoms. The third-order valence-corrected chi connectivity index (χ3v) is 2.62. The van der Waals surface area contributed by atoms with Crippen molar-refractivity contribution in [2.75, 3.05) is 7.05 Å². The van der Waals surface area contributed by atoms with Crippen LogP contribution in [0.3, 0.4) is 0 Å². The zero-order chi connectivity index (χ0) is 9.14. The zero-order valence-corrected chi connectivity index (χ0v) is 8.44. The molecule has 0 radical (unpaired) electrons. The minimum Gasteiger partial charge on any atom is -0.313 e. The van der Waals surface area contributed by atoms with E-state index in [0.717, 1.165) is 5.02 Å². The molecule has 1 unspecified atom stereocenters. The molecule has 12 heavy (non-hydrogen) atoms. The third kappa shape index (κ3) is 1.79. The van der Waals surface area contributed by atoms with E-state index in [1.165, 1.54) is 11.1 Å². The number of benzene rings is 1. The quantitative estimate of drug-likeness (QED) is 0.744. The van der Waals surface area contributed by atoms with Crippen molar-refractivity contribution < 1.29 is 0 Å². The molecular formula is C10H14ClN. The Hall–Kier alpha value is -0.530. The van der Waals surface area contributed by atoms with E-state index in [9.17, 15) is 0 Å². The molecule has 0 fully saturated rings. The van der Waals surface area contributed by atoms with Crippen LogP contribution < -0.4 is 5.32 Å². The van der Waals surface area contributed by atoms with Crippen molar-refractivity contribution >= 4 is 11.6 Å². The fraction of sp³-hybridized carbons (Fsp3) is 0.400. The van der Waals surface area contributed by atoms with E-state index in [0.29, 0.717) is 6.04 Å². The highest BCUT2D eigenvalue weighted by Crippen LogP contribution is 2.23. The van der Waals surface area contributed by atoms with Crippen molar-refractivity contribution in [3.05, 3.63) is 34.3 Å². The molecule has 0 saturated heterocycles. The summed E-state index contributed by atoms with van der Waals surface area (Å²) in [4.78, 5) is 0. The fourth-order valence-corrected chi connectivity index (χ4v) is 1.43. The van der Waals surface area contributed by atoms with Crippen LogP contribution in [0.5, 0.6) is 0 Å². The molecule has 66 valence electrons. The highest BCUT2D eigenvalue weighted by molar-refractivity contribution is 6.31. The number of nitrogens with one attached hydrogen (secondary N) is 1.